The summed E-state index contributed by atoms with van der Waals surface area (Å²) >= 11 is 0. The van der Waals surface area contributed by atoms with Crippen molar-refractivity contribution in [3.8, 4) is 0 Å². The lowest BCUT2D eigenvalue weighted by Crippen LogP contribution is -2.29. The molecule has 15 heavy (non-hydrogen) atoms. The van der Waals surface area contributed by atoms with Crippen molar-refractivity contribution < 1.29 is 4.79 Å². The summed E-state index contributed by atoms with van der Waals surface area (Å²) < 4.78 is 0. The van der Waals surface area contributed by atoms with Crippen LogP contribution in [0.15, 0.2) is 5.10 Å². The normalized spacial score (nSPS) is 23.2. The molecule has 0 saturated carbocycles. The van der Waals surface area contributed by atoms with Crippen LogP contribution in [0.3, 0.4) is 0 Å². The van der Waals surface area contributed by atoms with Crippen molar-refractivity contribution in [3.63, 3.8) is 0 Å². The molecule has 86 valence electrons. The second-order valence-electron chi connectivity index (χ2n) is 4.55. The zero-order valence-corrected chi connectivity index (χ0v) is 10.3. The number of nitrogens with zero attached hydrogens (tertiary/aromatic N) is 2. The number of hydrogen-bond acceptors (Lipinski definition) is 2. The third-order valence-electron chi connectivity index (χ3n) is 3.17. The van der Waals surface area contributed by atoms with Gasteiger partial charge in [0.05, 0.1) is 5.92 Å². The lowest BCUT2D eigenvalue weighted by atomic mass is 9.86. The van der Waals surface area contributed by atoms with Crippen LogP contribution < -0.4 is 0 Å². The predicted octanol–water partition coefficient (Wildman–Crippen LogP) is 2.67. The van der Waals surface area contributed by atoms with Gasteiger partial charge in [0.1, 0.15) is 0 Å². The minimum absolute atomic E-state index is 0.0341. The van der Waals surface area contributed by atoms with Crippen molar-refractivity contribution in [3.05, 3.63) is 0 Å². The molecule has 0 aliphatic carbocycles. The van der Waals surface area contributed by atoms with Crippen LogP contribution in [0.4, 0.5) is 0 Å². The lowest BCUT2D eigenvalue weighted by Gasteiger charge is -2.17. The quantitative estimate of drug-likeness (QED) is 0.642. The van der Waals surface area contributed by atoms with Crippen LogP contribution in [-0.2, 0) is 4.79 Å². The first-order valence-corrected chi connectivity index (χ1v) is 5.90. The molecule has 3 nitrogen and oxygen atoms in total. The fourth-order valence-corrected chi connectivity index (χ4v) is 2.27. The summed E-state index contributed by atoms with van der Waals surface area (Å²) in [4.78, 5) is 11.8. The summed E-state index contributed by atoms with van der Waals surface area (Å²) in [5.41, 5.74) is 0.978. The summed E-state index contributed by atoms with van der Waals surface area (Å²) in [6, 6.07) is 0. The maximum atomic E-state index is 11.8. The maximum Gasteiger partial charge on any atom is 0.251 e. The number of hydrogen-bond donors (Lipinski definition) is 0. The number of carbonyl (C=O) groups excluding carboxylic acids is 1. The van der Waals surface area contributed by atoms with Crippen molar-refractivity contribution >= 4 is 11.6 Å². The average molecular weight is 210 g/mol. The summed E-state index contributed by atoms with van der Waals surface area (Å²) in [5, 5.41) is 5.68. The second kappa shape index (κ2) is 5.29. The van der Waals surface area contributed by atoms with E-state index >= 15 is 0 Å². The molecule has 1 amide bonds. The standard InChI is InChI=1S/C12H22N2O/c1-5-6-7-8-9(2)11-10(3)13-14(4)12(11)15/h9,11H,5-8H2,1-4H3. The molecule has 0 N–H and O–H groups in total. The molecular weight excluding hydrogens is 188 g/mol. The van der Waals surface area contributed by atoms with Crippen molar-refractivity contribution in [2.45, 2.75) is 46.5 Å². The molecule has 0 radical (unpaired) electrons. The van der Waals surface area contributed by atoms with Crippen LogP contribution in [0, 0.1) is 11.8 Å². The van der Waals surface area contributed by atoms with Gasteiger partial charge in [-0.1, -0.05) is 33.1 Å². The number of carbonyl (C=O) groups is 1. The molecule has 1 rings (SSSR count). The third-order valence-corrected chi connectivity index (χ3v) is 3.17. The Hall–Kier alpha value is -0.860. The first kappa shape index (κ1) is 12.2. The highest BCUT2D eigenvalue weighted by Crippen LogP contribution is 2.26. The summed E-state index contributed by atoms with van der Waals surface area (Å²) in [6.07, 6.45) is 4.85. The van der Waals surface area contributed by atoms with Crippen LogP contribution in [0.2, 0.25) is 0 Å². The molecule has 0 aromatic carbocycles. The average Bonchev–Trinajstić information content (AvgIpc) is 2.41. The Kier molecular flexibility index (Phi) is 4.30. The fourth-order valence-electron chi connectivity index (χ4n) is 2.27. The molecule has 3 heteroatoms. The lowest BCUT2D eigenvalue weighted by molar-refractivity contribution is -0.131. The van der Waals surface area contributed by atoms with E-state index in [1.165, 1.54) is 24.3 Å². The molecule has 1 aliphatic heterocycles. The van der Waals surface area contributed by atoms with Gasteiger partial charge in [-0.2, -0.15) is 5.10 Å². The van der Waals surface area contributed by atoms with Gasteiger partial charge in [0.15, 0.2) is 0 Å². The molecule has 0 aromatic heterocycles. The third kappa shape index (κ3) is 2.80. The van der Waals surface area contributed by atoms with Gasteiger partial charge in [0.2, 0.25) is 0 Å². The molecule has 0 spiro atoms. The van der Waals surface area contributed by atoms with Gasteiger partial charge < -0.3 is 0 Å². The van der Waals surface area contributed by atoms with Crippen LogP contribution >= 0.6 is 0 Å². The molecule has 0 fully saturated rings. The largest absolute Gasteiger partial charge is 0.272 e. The summed E-state index contributed by atoms with van der Waals surface area (Å²) in [5.74, 6) is 0.626. The van der Waals surface area contributed by atoms with E-state index in [0.717, 1.165) is 12.1 Å². The number of hydrazone groups is 1. The van der Waals surface area contributed by atoms with Crippen molar-refractivity contribution in [1.82, 2.24) is 5.01 Å². The topological polar surface area (TPSA) is 32.7 Å². The number of unbranched alkanes of at least 4 members (excludes halogenated alkanes) is 2. The molecule has 0 bridgehead atoms. The van der Waals surface area contributed by atoms with E-state index in [2.05, 4.69) is 18.9 Å². The summed E-state index contributed by atoms with van der Waals surface area (Å²) in [7, 11) is 1.74. The van der Waals surface area contributed by atoms with Crippen molar-refractivity contribution in [2.24, 2.45) is 16.9 Å². The van der Waals surface area contributed by atoms with Gasteiger partial charge in [0, 0.05) is 12.8 Å². The first-order chi connectivity index (χ1) is 7.07. The molecular formula is C12H22N2O. The Morgan fingerprint density at radius 2 is 2.13 bits per heavy atom. The van der Waals surface area contributed by atoms with Crippen LogP contribution in [0.1, 0.15) is 46.5 Å². The Labute approximate surface area is 92.5 Å². The zero-order valence-electron chi connectivity index (χ0n) is 10.3. The van der Waals surface area contributed by atoms with Gasteiger partial charge in [0.25, 0.3) is 5.91 Å². The van der Waals surface area contributed by atoms with Crippen molar-refractivity contribution in [1.29, 1.82) is 0 Å². The van der Waals surface area contributed by atoms with Crippen LogP contribution in [-0.4, -0.2) is 23.7 Å². The SMILES string of the molecule is CCCCCC(C)C1C(=O)N(C)N=C1C. The fraction of sp³-hybridized carbons (Fsp3) is 0.833. The Morgan fingerprint density at radius 1 is 1.47 bits per heavy atom. The van der Waals surface area contributed by atoms with E-state index in [1.54, 1.807) is 7.05 Å². The van der Waals surface area contributed by atoms with Crippen LogP contribution in [0.25, 0.3) is 0 Å². The minimum atomic E-state index is 0.0341. The van der Waals surface area contributed by atoms with E-state index < -0.39 is 0 Å². The summed E-state index contributed by atoms with van der Waals surface area (Å²) in [6.45, 7) is 6.32. The first-order valence-electron chi connectivity index (χ1n) is 5.90. The predicted molar refractivity (Wildman–Crippen MR) is 62.7 cm³/mol. The smallest absolute Gasteiger partial charge is 0.251 e. The van der Waals surface area contributed by atoms with E-state index in [-0.39, 0.29) is 11.8 Å². The molecule has 2 unspecified atom stereocenters. The van der Waals surface area contributed by atoms with Crippen molar-refractivity contribution in [2.75, 3.05) is 7.05 Å². The minimum Gasteiger partial charge on any atom is -0.272 e. The highest BCUT2D eigenvalue weighted by molar-refractivity contribution is 6.06. The van der Waals surface area contributed by atoms with Gasteiger partial charge in [-0.3, -0.25) is 4.79 Å². The van der Waals surface area contributed by atoms with E-state index in [9.17, 15) is 4.79 Å². The highest BCUT2D eigenvalue weighted by atomic mass is 16.2. The Balaban J connectivity index is 2.49. The van der Waals surface area contributed by atoms with Gasteiger partial charge in [-0.15, -0.1) is 0 Å². The number of rotatable bonds is 5. The number of amides is 1. The van der Waals surface area contributed by atoms with E-state index in [0.29, 0.717) is 5.92 Å². The van der Waals surface area contributed by atoms with Crippen LogP contribution in [0.5, 0.6) is 0 Å². The molecule has 1 heterocycles. The van der Waals surface area contributed by atoms with Gasteiger partial charge in [-0.25, -0.2) is 5.01 Å². The van der Waals surface area contributed by atoms with E-state index in [1.807, 2.05) is 6.92 Å². The van der Waals surface area contributed by atoms with Gasteiger partial charge in [-0.05, 0) is 19.3 Å². The van der Waals surface area contributed by atoms with E-state index in [4.69, 9.17) is 0 Å². The monoisotopic (exact) mass is 210 g/mol. The molecule has 0 aromatic rings. The molecule has 1 aliphatic rings. The highest BCUT2D eigenvalue weighted by Gasteiger charge is 2.34. The zero-order chi connectivity index (χ0) is 11.4. The molecule has 2 atom stereocenters. The Bertz CT molecular complexity index is 260. The Morgan fingerprint density at radius 3 is 2.60 bits per heavy atom. The molecule has 0 saturated heterocycles. The van der Waals surface area contributed by atoms with Gasteiger partial charge >= 0.3 is 0 Å². The maximum absolute atomic E-state index is 11.8. The second-order valence-corrected chi connectivity index (χ2v) is 4.55.